The summed E-state index contributed by atoms with van der Waals surface area (Å²) in [6, 6.07) is 4.42. The number of nitrogens with two attached hydrogens (primary N) is 1. The molecule has 2 N–H and O–H groups in total. The van der Waals surface area contributed by atoms with Crippen molar-refractivity contribution in [2.24, 2.45) is 5.14 Å². The maximum absolute atomic E-state index is 13.5. The maximum Gasteiger partial charge on any atom is 0.410 e. The first kappa shape index (κ1) is 24.0. The van der Waals surface area contributed by atoms with Gasteiger partial charge in [0.15, 0.2) is 0 Å². The van der Waals surface area contributed by atoms with Crippen molar-refractivity contribution < 1.29 is 26.4 Å². The van der Waals surface area contributed by atoms with E-state index in [1.54, 1.807) is 25.7 Å². The molecule has 1 amide bonds. The van der Waals surface area contributed by atoms with Crippen LogP contribution in [0.3, 0.4) is 0 Å². The Morgan fingerprint density at radius 3 is 2.29 bits per heavy atom. The molecule has 2 aliphatic rings. The molecule has 2 aliphatic heterocycles. The highest BCUT2D eigenvalue weighted by Crippen LogP contribution is 2.34. The molecule has 174 valence electrons. The second kappa shape index (κ2) is 8.68. The van der Waals surface area contributed by atoms with Gasteiger partial charge in [-0.3, -0.25) is 0 Å². The number of benzene rings is 1. The lowest BCUT2D eigenvalue weighted by atomic mass is 9.96. The molecule has 0 bridgehead atoms. The molecule has 0 saturated carbocycles. The Labute approximate surface area is 184 Å². The molecule has 0 aliphatic carbocycles. The third-order valence-electron chi connectivity index (χ3n) is 5.61. The number of rotatable bonds is 4. The summed E-state index contributed by atoms with van der Waals surface area (Å²) in [6.45, 7) is 6.22. The lowest BCUT2D eigenvalue weighted by Gasteiger charge is -2.41. The van der Waals surface area contributed by atoms with Crippen molar-refractivity contribution in [2.45, 2.75) is 80.4 Å². The van der Waals surface area contributed by atoms with Crippen LogP contribution in [0.25, 0.3) is 0 Å². The van der Waals surface area contributed by atoms with E-state index in [1.165, 1.54) is 22.5 Å². The Hall–Kier alpha value is -1.69. The first-order chi connectivity index (χ1) is 14.3. The Bertz CT molecular complexity index is 1030. The minimum Gasteiger partial charge on any atom is -0.444 e. The Balaban J connectivity index is 1.92. The number of likely N-dealkylation sites (tertiary alicyclic amines) is 1. The fraction of sp³-hybridized carbons (Fsp3) is 0.650. The van der Waals surface area contributed by atoms with E-state index in [1.807, 2.05) is 0 Å². The first-order valence-electron chi connectivity index (χ1n) is 10.4. The van der Waals surface area contributed by atoms with E-state index in [9.17, 15) is 21.6 Å². The number of piperidine rings is 1. The lowest BCUT2D eigenvalue weighted by molar-refractivity contribution is 0.0145. The highest BCUT2D eigenvalue weighted by Gasteiger charge is 2.44. The van der Waals surface area contributed by atoms with Gasteiger partial charge in [-0.25, -0.2) is 26.8 Å². The Kier molecular flexibility index (Phi) is 6.71. The molecule has 0 unspecified atom stereocenters. The first-order valence-corrected chi connectivity index (χ1v) is 13.4. The van der Waals surface area contributed by atoms with Crippen molar-refractivity contribution in [1.29, 1.82) is 0 Å². The van der Waals surface area contributed by atoms with Crippen LogP contribution in [-0.4, -0.2) is 62.9 Å². The van der Waals surface area contributed by atoms with E-state index in [0.717, 1.165) is 18.9 Å². The van der Waals surface area contributed by atoms with Crippen LogP contribution < -0.4 is 5.14 Å². The third-order valence-corrected chi connectivity index (χ3v) is 8.44. The average Bonchev–Trinajstić information content (AvgIpc) is 3.16. The monoisotopic (exact) mass is 473 g/mol. The van der Waals surface area contributed by atoms with Crippen LogP contribution in [0.5, 0.6) is 0 Å². The largest absolute Gasteiger partial charge is 0.444 e. The molecule has 9 nitrogen and oxygen atoms in total. The van der Waals surface area contributed by atoms with Crippen LogP contribution in [0, 0.1) is 0 Å². The molecular formula is C20H31N3O6S2. The number of hydrogen-bond acceptors (Lipinski definition) is 6. The SMILES string of the molecule is CC(C)(C)OC(=O)N1CCC[C@@H]1[C@H]1CCCCN1S(=O)(=O)c1cccc(S(N)(=O)=O)c1. The second-order valence-electron chi connectivity index (χ2n) is 9.08. The summed E-state index contributed by atoms with van der Waals surface area (Å²) in [6.07, 6.45) is 3.20. The fourth-order valence-electron chi connectivity index (χ4n) is 4.30. The van der Waals surface area contributed by atoms with Crippen molar-refractivity contribution in [3.05, 3.63) is 24.3 Å². The molecule has 1 aromatic carbocycles. The lowest BCUT2D eigenvalue weighted by Crippen LogP contribution is -2.55. The van der Waals surface area contributed by atoms with Crippen LogP contribution in [0.4, 0.5) is 4.79 Å². The molecule has 2 atom stereocenters. The molecule has 2 saturated heterocycles. The van der Waals surface area contributed by atoms with E-state index < -0.39 is 37.8 Å². The highest BCUT2D eigenvalue weighted by molar-refractivity contribution is 7.90. The van der Waals surface area contributed by atoms with Crippen molar-refractivity contribution >= 4 is 26.1 Å². The van der Waals surface area contributed by atoms with Crippen molar-refractivity contribution in [3.63, 3.8) is 0 Å². The van der Waals surface area contributed by atoms with Gasteiger partial charge in [-0.15, -0.1) is 0 Å². The number of hydrogen-bond donors (Lipinski definition) is 1. The number of nitrogens with zero attached hydrogens (tertiary/aromatic N) is 2. The topological polar surface area (TPSA) is 127 Å². The summed E-state index contributed by atoms with van der Waals surface area (Å²) < 4.78 is 57.4. The number of sulfonamides is 2. The quantitative estimate of drug-likeness (QED) is 0.715. The minimum absolute atomic E-state index is 0.118. The summed E-state index contributed by atoms with van der Waals surface area (Å²) in [5.41, 5.74) is -0.642. The van der Waals surface area contributed by atoms with Crippen molar-refractivity contribution in [3.8, 4) is 0 Å². The summed E-state index contributed by atoms with van der Waals surface area (Å²) in [7, 11) is -8.02. The van der Waals surface area contributed by atoms with E-state index in [-0.39, 0.29) is 15.8 Å². The number of primary sulfonamides is 1. The predicted molar refractivity (Wildman–Crippen MR) is 115 cm³/mol. The molecule has 2 heterocycles. The second-order valence-corrected chi connectivity index (χ2v) is 12.5. The Morgan fingerprint density at radius 2 is 1.65 bits per heavy atom. The zero-order chi connectivity index (χ0) is 23.0. The van der Waals surface area contributed by atoms with E-state index >= 15 is 0 Å². The van der Waals surface area contributed by atoms with Gasteiger partial charge in [0.25, 0.3) is 0 Å². The molecule has 3 rings (SSSR count). The number of amides is 1. The summed E-state index contributed by atoms with van der Waals surface area (Å²) >= 11 is 0. The van der Waals surface area contributed by atoms with Crippen LogP contribution in [0.1, 0.15) is 52.9 Å². The van der Waals surface area contributed by atoms with Gasteiger partial charge in [0.05, 0.1) is 15.8 Å². The van der Waals surface area contributed by atoms with Crippen LogP contribution in [-0.2, 0) is 24.8 Å². The molecule has 1 aromatic rings. The molecule has 0 spiro atoms. The highest BCUT2D eigenvalue weighted by atomic mass is 32.2. The molecule has 2 fully saturated rings. The molecular weight excluding hydrogens is 442 g/mol. The average molecular weight is 474 g/mol. The van der Waals surface area contributed by atoms with Gasteiger partial charge < -0.3 is 9.64 Å². The zero-order valence-corrected chi connectivity index (χ0v) is 19.8. The predicted octanol–water partition coefficient (Wildman–Crippen LogP) is 2.28. The fourth-order valence-corrected chi connectivity index (χ4v) is 6.70. The Morgan fingerprint density at radius 1 is 1.00 bits per heavy atom. The van der Waals surface area contributed by atoms with E-state index in [2.05, 4.69) is 0 Å². The van der Waals surface area contributed by atoms with Gasteiger partial charge in [-0.05, 0) is 64.7 Å². The summed E-state index contributed by atoms with van der Waals surface area (Å²) in [5.74, 6) is 0. The number of carbonyl (C=O) groups is 1. The van der Waals surface area contributed by atoms with Crippen LogP contribution in [0.15, 0.2) is 34.1 Å². The normalized spacial score (nSPS) is 23.7. The van der Waals surface area contributed by atoms with Crippen molar-refractivity contribution in [1.82, 2.24) is 9.21 Å². The van der Waals surface area contributed by atoms with Gasteiger partial charge in [-0.2, -0.15) is 4.31 Å². The summed E-state index contributed by atoms with van der Waals surface area (Å²) in [4.78, 5) is 14.0. The number of carbonyl (C=O) groups excluding carboxylic acids is 1. The van der Waals surface area contributed by atoms with Crippen LogP contribution in [0.2, 0.25) is 0 Å². The van der Waals surface area contributed by atoms with Gasteiger partial charge in [0, 0.05) is 19.1 Å². The van der Waals surface area contributed by atoms with Gasteiger partial charge >= 0.3 is 6.09 Å². The minimum atomic E-state index is -4.04. The number of ether oxygens (including phenoxy) is 1. The van der Waals surface area contributed by atoms with Gasteiger partial charge in [-0.1, -0.05) is 12.5 Å². The summed E-state index contributed by atoms with van der Waals surface area (Å²) in [5, 5.41) is 5.18. The molecule has 11 heteroatoms. The van der Waals surface area contributed by atoms with Crippen molar-refractivity contribution in [2.75, 3.05) is 13.1 Å². The van der Waals surface area contributed by atoms with Gasteiger partial charge in [0.2, 0.25) is 20.0 Å². The molecule has 0 radical (unpaired) electrons. The standard InChI is InChI=1S/C20H31N3O6S2/c1-20(2,3)29-19(24)22-12-7-11-17(22)18-10-4-5-13-23(18)31(27,28)16-9-6-8-15(14-16)30(21,25)26/h6,8-9,14,17-18H,4-5,7,10-13H2,1-3H3,(H2,21,25,26)/t17-,18-/m1/s1. The smallest absolute Gasteiger partial charge is 0.410 e. The van der Waals surface area contributed by atoms with E-state index in [4.69, 9.17) is 9.88 Å². The van der Waals surface area contributed by atoms with Crippen LogP contribution >= 0.6 is 0 Å². The molecule has 0 aromatic heterocycles. The maximum atomic E-state index is 13.5. The van der Waals surface area contributed by atoms with E-state index in [0.29, 0.717) is 32.4 Å². The third kappa shape index (κ3) is 5.39. The molecule has 31 heavy (non-hydrogen) atoms. The zero-order valence-electron chi connectivity index (χ0n) is 18.2. The van der Waals surface area contributed by atoms with Gasteiger partial charge in [0.1, 0.15) is 5.60 Å².